The second-order valence-corrected chi connectivity index (χ2v) is 11.0. The van der Waals surface area contributed by atoms with Crippen LogP contribution in [0.4, 0.5) is 5.13 Å². The Bertz CT molecular complexity index is 1180. The van der Waals surface area contributed by atoms with Crippen molar-refractivity contribution in [3.05, 3.63) is 40.9 Å². The number of hydrogen-bond donors (Lipinski definition) is 1. The first kappa shape index (κ1) is 21.6. The molecule has 1 N–H and O–H groups in total. The molecule has 1 spiro atoms. The average Bonchev–Trinajstić information content (AvgIpc) is 3.15. The number of pyridine rings is 2. The van der Waals surface area contributed by atoms with E-state index in [0.29, 0.717) is 43.4 Å². The number of carbonyl (C=O) groups is 1. The Kier molecular flexibility index (Phi) is 5.79. The first-order valence-corrected chi connectivity index (χ1v) is 12.1. The smallest absolute Gasteiger partial charge is 0.259 e. The van der Waals surface area contributed by atoms with Gasteiger partial charge in [0.2, 0.25) is 5.13 Å². The third kappa shape index (κ3) is 4.19. The number of ether oxygens (including phenoxy) is 2. The predicted octanol–water partition coefficient (Wildman–Crippen LogP) is 4.49. The Balaban J connectivity index is 1.33. The maximum atomic E-state index is 13.1. The second kappa shape index (κ2) is 8.58. The number of nitrogens with zero attached hydrogens (tertiary/aromatic N) is 4. The van der Waals surface area contributed by atoms with Crippen LogP contribution in [0.5, 0.6) is 5.75 Å². The molecule has 5 rings (SSSR count). The summed E-state index contributed by atoms with van der Waals surface area (Å²) in [6, 6.07) is 3.49. The van der Waals surface area contributed by atoms with Gasteiger partial charge in [0.25, 0.3) is 5.91 Å². The van der Waals surface area contributed by atoms with Crippen molar-refractivity contribution in [2.75, 3.05) is 25.6 Å². The highest BCUT2D eigenvalue weighted by atomic mass is 35.5. The van der Waals surface area contributed by atoms with Gasteiger partial charge in [-0.25, -0.2) is 4.98 Å². The molecular formula is C21H20ClN5O3S2. The quantitative estimate of drug-likeness (QED) is 0.399. The number of aryl methyl sites for hydroxylation is 1. The van der Waals surface area contributed by atoms with Crippen LogP contribution in [-0.4, -0.2) is 51.6 Å². The number of hydrogen-bond acceptors (Lipinski definition) is 9. The molecule has 11 heteroatoms. The van der Waals surface area contributed by atoms with E-state index in [2.05, 4.69) is 25.5 Å². The SMILES string of the molecule is COc1cnc(Cl)cc1-c1cc(C)ncc1C(=O)Nc1nnc(SC2CC3(COC3)C2)s1. The van der Waals surface area contributed by atoms with Crippen LogP contribution in [0.25, 0.3) is 11.1 Å². The van der Waals surface area contributed by atoms with Gasteiger partial charge in [-0.15, -0.1) is 10.2 Å². The standard InChI is InChI=1S/C21H20ClN5O3S2/c1-11-3-13(14-4-17(22)24-8-16(14)29-2)15(7-23-11)18(28)25-19-26-27-20(32-19)31-12-5-21(6-12)9-30-10-21/h3-4,7-8,12H,5-6,9-10H2,1-2H3,(H,25,26,28). The fraction of sp³-hybridized carbons (Fsp3) is 0.381. The zero-order chi connectivity index (χ0) is 22.3. The predicted molar refractivity (Wildman–Crippen MR) is 124 cm³/mol. The monoisotopic (exact) mass is 489 g/mol. The Morgan fingerprint density at radius 1 is 1.25 bits per heavy atom. The maximum Gasteiger partial charge on any atom is 0.259 e. The highest BCUT2D eigenvalue weighted by molar-refractivity contribution is 8.01. The number of thioether (sulfide) groups is 1. The molecule has 166 valence electrons. The number of methoxy groups -OCH3 is 1. The number of amides is 1. The molecule has 1 saturated carbocycles. The molecule has 0 aromatic carbocycles. The molecule has 2 aliphatic rings. The summed E-state index contributed by atoms with van der Waals surface area (Å²) in [5.74, 6) is 0.184. The third-order valence-corrected chi connectivity index (χ3v) is 7.99. The van der Waals surface area contributed by atoms with Crippen molar-refractivity contribution in [1.82, 2.24) is 20.2 Å². The summed E-state index contributed by atoms with van der Waals surface area (Å²) in [7, 11) is 1.55. The van der Waals surface area contributed by atoms with Crippen molar-refractivity contribution in [3.63, 3.8) is 0 Å². The minimum atomic E-state index is -0.329. The van der Waals surface area contributed by atoms with E-state index in [4.69, 9.17) is 21.1 Å². The molecular weight excluding hydrogens is 470 g/mol. The van der Waals surface area contributed by atoms with Crippen LogP contribution < -0.4 is 10.1 Å². The summed E-state index contributed by atoms with van der Waals surface area (Å²) in [4.78, 5) is 21.5. The number of nitrogens with one attached hydrogen (secondary N) is 1. The van der Waals surface area contributed by atoms with Crippen molar-refractivity contribution in [3.8, 4) is 16.9 Å². The lowest BCUT2D eigenvalue weighted by molar-refractivity contribution is -0.152. The van der Waals surface area contributed by atoms with Crippen molar-refractivity contribution >= 4 is 45.7 Å². The van der Waals surface area contributed by atoms with Crippen LogP contribution in [-0.2, 0) is 4.74 Å². The van der Waals surface area contributed by atoms with E-state index in [1.165, 1.54) is 17.5 Å². The summed E-state index contributed by atoms with van der Waals surface area (Å²) < 4.78 is 11.6. The van der Waals surface area contributed by atoms with Crippen LogP contribution in [0, 0.1) is 12.3 Å². The van der Waals surface area contributed by atoms with E-state index >= 15 is 0 Å². The summed E-state index contributed by atoms with van der Waals surface area (Å²) in [6.07, 6.45) is 5.37. The van der Waals surface area contributed by atoms with Crippen LogP contribution in [0.2, 0.25) is 5.15 Å². The van der Waals surface area contributed by atoms with Gasteiger partial charge in [0.15, 0.2) is 4.34 Å². The van der Waals surface area contributed by atoms with Crippen molar-refractivity contribution < 1.29 is 14.3 Å². The molecule has 0 bridgehead atoms. The van der Waals surface area contributed by atoms with Crippen LogP contribution in [0.3, 0.4) is 0 Å². The first-order valence-electron chi connectivity index (χ1n) is 10.0. The lowest BCUT2D eigenvalue weighted by Gasteiger charge is -2.52. The zero-order valence-electron chi connectivity index (χ0n) is 17.4. The summed E-state index contributed by atoms with van der Waals surface area (Å²) in [5, 5.41) is 12.5. The highest BCUT2D eigenvalue weighted by Crippen LogP contribution is 2.53. The Labute approximate surface area is 198 Å². The zero-order valence-corrected chi connectivity index (χ0v) is 19.8. The van der Waals surface area contributed by atoms with Gasteiger partial charge in [0, 0.05) is 33.7 Å². The fourth-order valence-corrected chi connectivity index (χ4v) is 6.70. The normalized spacial score (nSPS) is 17.0. The summed E-state index contributed by atoms with van der Waals surface area (Å²) in [6.45, 7) is 3.61. The fourth-order valence-electron chi connectivity index (χ4n) is 3.98. The number of halogens is 1. The summed E-state index contributed by atoms with van der Waals surface area (Å²) >= 11 is 9.21. The molecule has 0 atom stereocenters. The molecule has 1 amide bonds. The molecule has 1 aliphatic carbocycles. The van der Waals surface area contributed by atoms with Gasteiger partial charge in [0.1, 0.15) is 10.9 Å². The van der Waals surface area contributed by atoms with Crippen LogP contribution >= 0.6 is 34.7 Å². The number of anilines is 1. The van der Waals surface area contributed by atoms with E-state index in [-0.39, 0.29) is 5.91 Å². The second-order valence-electron chi connectivity index (χ2n) is 8.05. The summed E-state index contributed by atoms with van der Waals surface area (Å²) in [5.41, 5.74) is 2.86. The molecule has 1 saturated heterocycles. The first-order chi connectivity index (χ1) is 15.4. The van der Waals surface area contributed by atoms with Crippen LogP contribution in [0.15, 0.2) is 28.9 Å². The van der Waals surface area contributed by atoms with E-state index in [0.717, 1.165) is 36.1 Å². The van der Waals surface area contributed by atoms with Gasteiger partial charge in [0.05, 0.1) is 32.1 Å². The lowest BCUT2D eigenvalue weighted by Crippen LogP contribution is -2.53. The maximum absolute atomic E-state index is 13.1. The number of aromatic nitrogens is 4. The molecule has 3 aromatic heterocycles. The Hall–Kier alpha value is -2.27. The minimum Gasteiger partial charge on any atom is -0.494 e. The topological polar surface area (TPSA) is 99.1 Å². The van der Waals surface area contributed by atoms with Gasteiger partial charge < -0.3 is 9.47 Å². The van der Waals surface area contributed by atoms with Crippen LogP contribution in [0.1, 0.15) is 28.9 Å². The minimum absolute atomic E-state index is 0.304. The van der Waals surface area contributed by atoms with Crippen molar-refractivity contribution in [2.45, 2.75) is 29.4 Å². The largest absolute Gasteiger partial charge is 0.494 e. The Morgan fingerprint density at radius 3 is 2.78 bits per heavy atom. The van der Waals surface area contributed by atoms with E-state index < -0.39 is 0 Å². The van der Waals surface area contributed by atoms with E-state index in [1.807, 2.05) is 13.0 Å². The number of rotatable bonds is 6. The molecule has 2 fully saturated rings. The molecule has 4 heterocycles. The molecule has 0 radical (unpaired) electrons. The molecule has 1 aliphatic heterocycles. The van der Waals surface area contributed by atoms with Gasteiger partial charge in [-0.05, 0) is 31.9 Å². The van der Waals surface area contributed by atoms with Gasteiger partial charge in [-0.1, -0.05) is 34.7 Å². The molecule has 8 nitrogen and oxygen atoms in total. The molecule has 3 aromatic rings. The highest BCUT2D eigenvalue weighted by Gasteiger charge is 2.50. The van der Waals surface area contributed by atoms with Crippen molar-refractivity contribution in [2.24, 2.45) is 5.41 Å². The van der Waals surface area contributed by atoms with Crippen molar-refractivity contribution in [1.29, 1.82) is 0 Å². The molecule has 32 heavy (non-hydrogen) atoms. The average molecular weight is 490 g/mol. The number of carbonyl (C=O) groups excluding carboxylic acids is 1. The third-order valence-electron chi connectivity index (χ3n) is 5.66. The van der Waals surface area contributed by atoms with Gasteiger partial charge >= 0.3 is 0 Å². The lowest BCUT2D eigenvalue weighted by atomic mass is 9.67. The van der Waals surface area contributed by atoms with Gasteiger partial charge in [-0.2, -0.15) is 0 Å². The van der Waals surface area contributed by atoms with E-state index in [9.17, 15) is 4.79 Å². The van der Waals surface area contributed by atoms with Gasteiger partial charge in [-0.3, -0.25) is 15.1 Å². The Morgan fingerprint density at radius 2 is 2.06 bits per heavy atom. The van der Waals surface area contributed by atoms with E-state index in [1.54, 1.807) is 31.1 Å². The molecule has 0 unspecified atom stereocenters.